The molecule has 0 bridgehead atoms. The first-order valence-electron chi connectivity index (χ1n) is 29.4. The van der Waals surface area contributed by atoms with Gasteiger partial charge < -0.3 is 28.8 Å². The molecular weight excluding hydrogens is 840 g/mol. The van der Waals surface area contributed by atoms with Gasteiger partial charge in [0.2, 0.25) is 5.91 Å². The van der Waals surface area contributed by atoms with Crippen molar-refractivity contribution in [1.82, 2.24) is 5.32 Å². The number of aliphatic hydroxyl groups excluding tert-OH is 1. The Morgan fingerprint density at radius 1 is 0.470 bits per heavy atom. The predicted octanol–water partition coefficient (Wildman–Crippen LogP) is 17.0. The molecule has 396 valence electrons. The summed E-state index contributed by atoms with van der Waals surface area (Å²) in [7, 11) is 1.32. The molecule has 8 nitrogen and oxygen atoms in total. The van der Waals surface area contributed by atoms with Crippen LogP contribution in [0.4, 0.5) is 0 Å². The van der Waals surface area contributed by atoms with E-state index in [-0.39, 0.29) is 19.1 Å². The van der Waals surface area contributed by atoms with Crippen LogP contribution in [0.25, 0.3) is 0 Å². The van der Waals surface area contributed by atoms with Gasteiger partial charge in [-0.3, -0.25) is 9.36 Å². The molecule has 2 N–H and O–H groups in total. The van der Waals surface area contributed by atoms with Gasteiger partial charge in [-0.2, -0.15) is 0 Å². The first kappa shape index (κ1) is 65.5. The zero-order chi connectivity index (χ0) is 48.5. The van der Waals surface area contributed by atoms with Crippen LogP contribution in [0.15, 0.2) is 0 Å². The van der Waals surface area contributed by atoms with Crippen LogP contribution in [0.1, 0.15) is 309 Å². The lowest BCUT2D eigenvalue weighted by Crippen LogP contribution is -2.46. The molecule has 3 atom stereocenters. The number of hydrogen-bond donors (Lipinski definition) is 2. The molecule has 0 saturated carbocycles. The minimum atomic E-state index is -4.56. The number of likely N-dealkylation sites (N-methyl/N-ethyl adjacent to an activating group) is 1. The van der Waals surface area contributed by atoms with Gasteiger partial charge in [0.05, 0.1) is 39.9 Å². The Morgan fingerprint density at radius 3 is 1.03 bits per heavy atom. The number of rotatable bonds is 55. The summed E-state index contributed by atoms with van der Waals surface area (Å²) in [4.78, 5) is 25.5. The molecule has 66 heavy (non-hydrogen) atoms. The van der Waals surface area contributed by atoms with Crippen molar-refractivity contribution in [1.29, 1.82) is 0 Å². The molecule has 0 aromatic heterocycles. The molecule has 0 spiro atoms. The monoisotopic (exact) mass is 957 g/mol. The van der Waals surface area contributed by atoms with Gasteiger partial charge >= 0.3 is 0 Å². The number of unbranched alkanes of at least 4 members (excludes halogenated alkanes) is 42. The molecule has 0 aliphatic carbocycles. The van der Waals surface area contributed by atoms with Crippen molar-refractivity contribution < 1.29 is 32.9 Å². The standard InChI is InChI=1S/C57H117N2O6P/c1-6-8-10-12-14-16-18-20-21-22-23-24-25-26-27-28-29-30-31-32-33-34-35-36-37-39-41-43-45-47-49-51-57(61)58-55(54-65-66(62,63)64-53-52-59(3,4)5)56(60)50-48-46-44-42-40-38-19-17-15-13-11-9-7-2/h55-56,60H,6-54H2,1-5H3,(H-,58,61,62,63). The van der Waals surface area contributed by atoms with Crippen LogP contribution in [0.3, 0.4) is 0 Å². The Morgan fingerprint density at radius 2 is 0.742 bits per heavy atom. The number of quaternary nitrogens is 1. The minimum Gasteiger partial charge on any atom is -0.756 e. The van der Waals surface area contributed by atoms with Gasteiger partial charge in [-0.1, -0.05) is 290 Å². The van der Waals surface area contributed by atoms with Gasteiger partial charge in [-0.25, -0.2) is 0 Å². The highest BCUT2D eigenvalue weighted by Gasteiger charge is 2.24. The highest BCUT2D eigenvalue weighted by molar-refractivity contribution is 7.45. The molecule has 0 saturated heterocycles. The number of amides is 1. The number of nitrogens with zero attached hydrogens (tertiary/aromatic N) is 1. The van der Waals surface area contributed by atoms with E-state index in [0.29, 0.717) is 23.9 Å². The second-order valence-corrected chi connectivity index (χ2v) is 23.1. The maximum Gasteiger partial charge on any atom is 0.268 e. The van der Waals surface area contributed by atoms with Gasteiger partial charge in [-0.05, 0) is 12.8 Å². The Kier molecular flexibility index (Phi) is 49.1. The van der Waals surface area contributed by atoms with Crippen molar-refractivity contribution in [3.8, 4) is 0 Å². The van der Waals surface area contributed by atoms with Crippen LogP contribution in [-0.2, 0) is 18.4 Å². The quantitative estimate of drug-likeness (QED) is 0.0357. The lowest BCUT2D eigenvalue weighted by atomic mass is 10.0. The van der Waals surface area contributed by atoms with E-state index in [4.69, 9.17) is 9.05 Å². The summed E-state index contributed by atoms with van der Waals surface area (Å²) in [5.41, 5.74) is 0. The first-order valence-corrected chi connectivity index (χ1v) is 30.8. The largest absolute Gasteiger partial charge is 0.756 e. The third-order valence-electron chi connectivity index (χ3n) is 13.8. The predicted molar refractivity (Wildman–Crippen MR) is 284 cm³/mol. The maximum absolute atomic E-state index is 13.0. The molecule has 0 radical (unpaired) electrons. The second kappa shape index (κ2) is 49.5. The fourth-order valence-corrected chi connectivity index (χ4v) is 9.94. The summed E-state index contributed by atoms with van der Waals surface area (Å²) in [5.74, 6) is -0.157. The van der Waals surface area contributed by atoms with Crippen molar-refractivity contribution in [3.05, 3.63) is 0 Å². The van der Waals surface area contributed by atoms with Crippen LogP contribution in [0.5, 0.6) is 0 Å². The molecule has 0 aromatic rings. The Labute approximate surface area is 412 Å². The molecule has 0 rings (SSSR count). The number of hydrogen-bond acceptors (Lipinski definition) is 6. The van der Waals surface area contributed by atoms with E-state index in [1.807, 2.05) is 21.1 Å². The zero-order valence-electron chi connectivity index (χ0n) is 45.2. The molecule has 0 aliphatic heterocycles. The van der Waals surface area contributed by atoms with Crippen LogP contribution in [0.2, 0.25) is 0 Å². The van der Waals surface area contributed by atoms with Gasteiger partial charge in [-0.15, -0.1) is 0 Å². The van der Waals surface area contributed by atoms with Gasteiger partial charge in [0, 0.05) is 6.42 Å². The van der Waals surface area contributed by atoms with Crippen LogP contribution in [0, 0.1) is 0 Å². The highest BCUT2D eigenvalue weighted by Crippen LogP contribution is 2.38. The van der Waals surface area contributed by atoms with Crippen LogP contribution < -0.4 is 10.2 Å². The SMILES string of the molecule is CCCCCCCCCCCCCCCCCCCCCCCCCCCCCCCCCC(=O)NC(COP(=O)([O-])OCC[N+](C)(C)C)C(O)CCCCCCCCCCCCCCC. The highest BCUT2D eigenvalue weighted by atomic mass is 31.2. The van der Waals surface area contributed by atoms with Crippen molar-refractivity contribution in [3.63, 3.8) is 0 Å². The van der Waals surface area contributed by atoms with Crippen molar-refractivity contribution in [2.24, 2.45) is 0 Å². The second-order valence-electron chi connectivity index (χ2n) is 21.7. The molecule has 1 amide bonds. The number of phosphoric ester groups is 1. The van der Waals surface area contributed by atoms with Crippen LogP contribution >= 0.6 is 7.82 Å². The van der Waals surface area contributed by atoms with Crippen molar-refractivity contribution >= 4 is 13.7 Å². The molecule has 0 aromatic carbocycles. The average molecular weight is 958 g/mol. The molecule has 0 heterocycles. The summed E-state index contributed by atoms with van der Waals surface area (Å²) in [6, 6.07) is -0.794. The van der Waals surface area contributed by atoms with E-state index < -0.39 is 20.0 Å². The normalized spacial score (nSPS) is 13.9. The zero-order valence-corrected chi connectivity index (χ0v) is 46.1. The Balaban J connectivity index is 3.95. The van der Waals surface area contributed by atoms with E-state index in [2.05, 4.69) is 19.2 Å². The topological polar surface area (TPSA) is 108 Å². The number of carbonyl (C=O) groups is 1. The molecular formula is C57H117N2O6P. The van der Waals surface area contributed by atoms with E-state index in [0.717, 1.165) is 38.5 Å². The maximum atomic E-state index is 13.0. The van der Waals surface area contributed by atoms with E-state index in [1.165, 1.54) is 244 Å². The fourth-order valence-electron chi connectivity index (χ4n) is 9.22. The minimum absolute atomic E-state index is 0.0164. The van der Waals surface area contributed by atoms with E-state index >= 15 is 0 Å². The number of phosphoric acid groups is 1. The van der Waals surface area contributed by atoms with E-state index in [9.17, 15) is 19.4 Å². The Hall–Kier alpha value is -0.500. The lowest BCUT2D eigenvalue weighted by Gasteiger charge is -2.30. The summed E-state index contributed by atoms with van der Waals surface area (Å²) in [6.07, 6.45) is 58.7. The number of nitrogens with one attached hydrogen (secondary N) is 1. The molecule has 9 heteroatoms. The van der Waals surface area contributed by atoms with E-state index in [1.54, 1.807) is 0 Å². The third-order valence-corrected chi connectivity index (χ3v) is 14.8. The molecule has 3 unspecified atom stereocenters. The third kappa shape index (κ3) is 51.4. The number of carbonyl (C=O) groups excluding carboxylic acids is 1. The summed E-state index contributed by atoms with van der Waals surface area (Å²) >= 11 is 0. The molecule has 0 fully saturated rings. The number of aliphatic hydroxyl groups is 1. The summed E-state index contributed by atoms with van der Waals surface area (Å²) in [6.45, 7) is 4.76. The van der Waals surface area contributed by atoms with Gasteiger partial charge in [0.15, 0.2) is 0 Å². The van der Waals surface area contributed by atoms with Crippen molar-refractivity contribution in [2.45, 2.75) is 321 Å². The Bertz CT molecular complexity index is 1040. The first-order chi connectivity index (χ1) is 32.0. The summed E-state index contributed by atoms with van der Waals surface area (Å²) in [5, 5.41) is 14.0. The van der Waals surface area contributed by atoms with Gasteiger partial charge in [0.1, 0.15) is 13.2 Å². The smallest absolute Gasteiger partial charge is 0.268 e. The van der Waals surface area contributed by atoms with Crippen molar-refractivity contribution in [2.75, 3.05) is 40.9 Å². The lowest BCUT2D eigenvalue weighted by molar-refractivity contribution is -0.870. The van der Waals surface area contributed by atoms with Gasteiger partial charge in [0.25, 0.3) is 7.82 Å². The molecule has 0 aliphatic rings. The summed E-state index contributed by atoms with van der Waals surface area (Å²) < 4.78 is 23.4. The fraction of sp³-hybridized carbons (Fsp3) is 0.982. The average Bonchev–Trinajstić information content (AvgIpc) is 3.28. The van der Waals surface area contributed by atoms with Crippen LogP contribution in [-0.4, -0.2) is 68.5 Å².